The fourth-order valence-electron chi connectivity index (χ4n) is 2.53. The third kappa shape index (κ3) is 3.98. The Bertz CT molecular complexity index is 885. The fraction of sp³-hybridized carbons (Fsp3) is 0.0909. The van der Waals surface area contributed by atoms with Gasteiger partial charge in [-0.2, -0.15) is 0 Å². The predicted octanol–water partition coefficient (Wildman–Crippen LogP) is 4.74. The highest BCUT2D eigenvalue weighted by Gasteiger charge is 2.14. The van der Waals surface area contributed by atoms with Crippen LogP contribution < -0.4 is 9.47 Å². The molecule has 0 aliphatic carbocycles. The normalized spacial score (nSPS) is 10.2. The molecule has 3 rings (SSSR count). The van der Waals surface area contributed by atoms with Crippen LogP contribution in [0.1, 0.15) is 31.8 Å². The molecule has 0 N–H and O–H groups in total. The van der Waals surface area contributed by atoms with Crippen LogP contribution >= 0.6 is 0 Å². The monoisotopic (exact) mass is 346 g/mol. The Morgan fingerprint density at radius 3 is 1.46 bits per heavy atom. The van der Waals surface area contributed by atoms with Crippen LogP contribution in [0.15, 0.2) is 72.8 Å². The molecule has 0 fully saturated rings. The fourth-order valence-corrected chi connectivity index (χ4v) is 2.53. The van der Waals surface area contributed by atoms with Gasteiger partial charge in [0.15, 0.2) is 0 Å². The Labute approximate surface area is 152 Å². The molecule has 3 aromatic carbocycles. The largest absolute Gasteiger partial charge is 0.423 e. The molecule has 0 heterocycles. The van der Waals surface area contributed by atoms with Gasteiger partial charge in [-0.1, -0.05) is 42.5 Å². The third-order valence-corrected chi connectivity index (χ3v) is 3.96. The van der Waals surface area contributed by atoms with Crippen molar-refractivity contribution in [2.75, 3.05) is 0 Å². The number of carbonyl (C=O) groups is 2. The maximum Gasteiger partial charge on any atom is 0.343 e. The van der Waals surface area contributed by atoms with Gasteiger partial charge in [0.05, 0.1) is 11.1 Å². The van der Waals surface area contributed by atoms with Crippen molar-refractivity contribution in [1.82, 2.24) is 0 Å². The summed E-state index contributed by atoms with van der Waals surface area (Å²) in [6, 6.07) is 20.9. The number of esters is 2. The number of carbonyl (C=O) groups excluding carboxylic acids is 2. The summed E-state index contributed by atoms with van der Waals surface area (Å²) in [7, 11) is 0. The van der Waals surface area contributed by atoms with Gasteiger partial charge < -0.3 is 9.47 Å². The van der Waals surface area contributed by atoms with Crippen molar-refractivity contribution in [3.05, 3.63) is 95.1 Å². The zero-order chi connectivity index (χ0) is 18.5. The second-order valence-corrected chi connectivity index (χ2v) is 5.88. The van der Waals surface area contributed by atoms with Crippen LogP contribution in [-0.4, -0.2) is 11.9 Å². The van der Waals surface area contributed by atoms with Crippen LogP contribution in [0.2, 0.25) is 0 Å². The Morgan fingerprint density at radius 2 is 1.04 bits per heavy atom. The molecule has 0 saturated heterocycles. The Kier molecular flexibility index (Phi) is 5.13. The van der Waals surface area contributed by atoms with Crippen molar-refractivity contribution in [2.45, 2.75) is 13.8 Å². The van der Waals surface area contributed by atoms with E-state index in [1.807, 2.05) is 38.1 Å². The minimum atomic E-state index is -0.453. The number of ether oxygens (including phenoxy) is 2. The van der Waals surface area contributed by atoms with E-state index in [2.05, 4.69) is 0 Å². The number of aryl methyl sites for hydroxylation is 2. The smallest absolute Gasteiger partial charge is 0.343 e. The summed E-state index contributed by atoms with van der Waals surface area (Å²) in [4.78, 5) is 24.6. The molecule has 4 nitrogen and oxygen atoms in total. The lowest BCUT2D eigenvalue weighted by molar-refractivity contribution is 0.0732. The Hall–Kier alpha value is -3.40. The summed E-state index contributed by atoms with van der Waals surface area (Å²) in [6.45, 7) is 3.69. The molecule has 3 aromatic rings. The summed E-state index contributed by atoms with van der Waals surface area (Å²) in [5.74, 6) is -0.280. The van der Waals surface area contributed by atoms with E-state index in [1.54, 1.807) is 42.5 Å². The van der Waals surface area contributed by atoms with Gasteiger partial charge in [-0.3, -0.25) is 0 Å². The molecular formula is C22H18O4. The summed E-state index contributed by atoms with van der Waals surface area (Å²) < 4.78 is 10.8. The van der Waals surface area contributed by atoms with Gasteiger partial charge in [0.25, 0.3) is 0 Å². The first kappa shape index (κ1) is 17.4. The van der Waals surface area contributed by atoms with Gasteiger partial charge in [-0.15, -0.1) is 0 Å². The van der Waals surface area contributed by atoms with Gasteiger partial charge >= 0.3 is 11.9 Å². The van der Waals surface area contributed by atoms with Gasteiger partial charge in [0, 0.05) is 6.07 Å². The highest BCUT2D eigenvalue weighted by Crippen LogP contribution is 2.22. The number of benzene rings is 3. The SMILES string of the molecule is Cc1ccccc1C(=O)Oc1cccc(OC(=O)c2ccccc2C)c1. The molecule has 130 valence electrons. The number of hydrogen-bond donors (Lipinski definition) is 0. The topological polar surface area (TPSA) is 52.6 Å². The van der Waals surface area contributed by atoms with Gasteiger partial charge in [0.2, 0.25) is 0 Å². The number of hydrogen-bond acceptors (Lipinski definition) is 4. The lowest BCUT2D eigenvalue weighted by Crippen LogP contribution is -2.11. The summed E-state index contributed by atoms with van der Waals surface area (Å²) in [5, 5.41) is 0. The lowest BCUT2D eigenvalue weighted by atomic mass is 10.1. The highest BCUT2D eigenvalue weighted by atomic mass is 16.5. The maximum absolute atomic E-state index is 12.3. The van der Waals surface area contributed by atoms with Crippen molar-refractivity contribution in [1.29, 1.82) is 0 Å². The lowest BCUT2D eigenvalue weighted by Gasteiger charge is -2.09. The van der Waals surface area contributed by atoms with Crippen molar-refractivity contribution < 1.29 is 19.1 Å². The van der Waals surface area contributed by atoms with Crippen molar-refractivity contribution >= 4 is 11.9 Å². The molecule has 4 heteroatoms. The minimum Gasteiger partial charge on any atom is -0.423 e. The van der Waals surface area contributed by atoms with E-state index in [4.69, 9.17) is 9.47 Å². The first-order valence-corrected chi connectivity index (χ1v) is 8.20. The van der Waals surface area contributed by atoms with Gasteiger partial charge in [-0.05, 0) is 49.2 Å². The zero-order valence-corrected chi connectivity index (χ0v) is 14.6. The molecule has 0 spiro atoms. The standard InChI is InChI=1S/C22H18O4/c1-15-8-3-5-12-19(15)21(23)25-17-10-7-11-18(14-17)26-22(24)20-13-6-4-9-16(20)2/h3-14H,1-2H3. The summed E-state index contributed by atoms with van der Waals surface area (Å²) in [5.41, 5.74) is 2.66. The zero-order valence-electron chi connectivity index (χ0n) is 14.6. The van der Waals surface area contributed by atoms with Gasteiger partial charge in [0.1, 0.15) is 11.5 Å². The van der Waals surface area contributed by atoms with Crippen LogP contribution in [0.3, 0.4) is 0 Å². The van der Waals surface area contributed by atoms with Crippen molar-refractivity contribution in [3.8, 4) is 11.5 Å². The van der Waals surface area contributed by atoms with Crippen LogP contribution in [0, 0.1) is 13.8 Å². The van der Waals surface area contributed by atoms with Crippen molar-refractivity contribution in [3.63, 3.8) is 0 Å². The Balaban J connectivity index is 1.74. The van der Waals surface area contributed by atoms with E-state index in [9.17, 15) is 9.59 Å². The van der Waals surface area contributed by atoms with Crippen LogP contribution in [0.5, 0.6) is 11.5 Å². The van der Waals surface area contributed by atoms with E-state index in [0.717, 1.165) is 11.1 Å². The molecule has 0 unspecified atom stereocenters. The molecule has 0 bridgehead atoms. The molecule has 0 aliphatic heterocycles. The number of rotatable bonds is 4. The van der Waals surface area contributed by atoms with E-state index in [-0.39, 0.29) is 0 Å². The van der Waals surface area contributed by atoms with Crippen molar-refractivity contribution in [2.24, 2.45) is 0 Å². The molecule has 0 atom stereocenters. The minimum absolute atomic E-state index is 0.313. The third-order valence-electron chi connectivity index (χ3n) is 3.96. The second-order valence-electron chi connectivity index (χ2n) is 5.88. The van der Waals surface area contributed by atoms with E-state index < -0.39 is 11.9 Å². The predicted molar refractivity (Wildman–Crippen MR) is 98.7 cm³/mol. The van der Waals surface area contributed by atoms with Crippen LogP contribution in [0.25, 0.3) is 0 Å². The molecule has 0 aromatic heterocycles. The maximum atomic E-state index is 12.3. The van der Waals surface area contributed by atoms with Gasteiger partial charge in [-0.25, -0.2) is 9.59 Å². The summed E-state index contributed by atoms with van der Waals surface area (Å²) in [6.07, 6.45) is 0. The average molecular weight is 346 g/mol. The molecule has 0 radical (unpaired) electrons. The highest BCUT2D eigenvalue weighted by molar-refractivity contribution is 5.93. The van der Waals surface area contributed by atoms with Crippen LogP contribution in [0.4, 0.5) is 0 Å². The summed E-state index contributed by atoms with van der Waals surface area (Å²) >= 11 is 0. The molecule has 0 amide bonds. The first-order chi connectivity index (χ1) is 12.5. The second kappa shape index (κ2) is 7.66. The molecule has 0 saturated carbocycles. The quantitative estimate of drug-likeness (QED) is 0.506. The van der Waals surface area contributed by atoms with E-state index >= 15 is 0 Å². The van der Waals surface area contributed by atoms with E-state index in [1.165, 1.54) is 6.07 Å². The molecule has 26 heavy (non-hydrogen) atoms. The Morgan fingerprint density at radius 1 is 0.615 bits per heavy atom. The van der Waals surface area contributed by atoms with E-state index in [0.29, 0.717) is 22.6 Å². The average Bonchev–Trinajstić information content (AvgIpc) is 2.62. The molecule has 0 aliphatic rings. The van der Waals surface area contributed by atoms with Crippen LogP contribution in [-0.2, 0) is 0 Å². The first-order valence-electron chi connectivity index (χ1n) is 8.20. The molecular weight excluding hydrogens is 328 g/mol.